The first kappa shape index (κ1) is 18.6. The van der Waals surface area contributed by atoms with Crippen LogP contribution in [0.5, 0.6) is 0 Å². The number of amides is 2. The van der Waals surface area contributed by atoms with Gasteiger partial charge in [-0.3, -0.25) is 5.43 Å². The number of hydrazine groups is 1. The fraction of sp³-hybridized carbons (Fsp3) is 0.235. The summed E-state index contributed by atoms with van der Waals surface area (Å²) in [6.45, 7) is 5.92. The highest BCUT2D eigenvalue weighted by atomic mass is 35.5. The molecular weight excluding hydrogens is 312 g/mol. The number of anilines is 3. The van der Waals surface area contributed by atoms with E-state index >= 15 is 0 Å². The molecule has 0 saturated carbocycles. The third-order valence-electron chi connectivity index (χ3n) is 3.49. The number of urea groups is 1. The van der Waals surface area contributed by atoms with Gasteiger partial charge < -0.3 is 11.5 Å². The lowest BCUT2D eigenvalue weighted by atomic mass is 10.0. The summed E-state index contributed by atoms with van der Waals surface area (Å²) < 4.78 is 0. The second kappa shape index (κ2) is 7.74. The van der Waals surface area contributed by atoms with Crippen molar-refractivity contribution in [2.75, 3.05) is 16.2 Å². The second-order valence-electron chi connectivity index (χ2n) is 5.35. The molecule has 0 unspecified atom stereocenters. The van der Waals surface area contributed by atoms with E-state index in [1.165, 1.54) is 5.01 Å². The molecule has 2 aromatic rings. The van der Waals surface area contributed by atoms with E-state index in [0.29, 0.717) is 5.69 Å². The predicted octanol–water partition coefficient (Wildman–Crippen LogP) is 3.78. The van der Waals surface area contributed by atoms with Crippen LogP contribution in [0.1, 0.15) is 23.6 Å². The summed E-state index contributed by atoms with van der Waals surface area (Å²) in [6.07, 6.45) is 0.750. The van der Waals surface area contributed by atoms with Gasteiger partial charge in [0.15, 0.2) is 0 Å². The lowest BCUT2D eigenvalue weighted by Gasteiger charge is -2.27. The van der Waals surface area contributed by atoms with E-state index in [0.717, 1.165) is 34.5 Å². The van der Waals surface area contributed by atoms with Crippen LogP contribution in [0.2, 0.25) is 0 Å². The Hall–Kier alpha value is -2.40. The Bertz CT molecular complexity index is 703. The molecule has 23 heavy (non-hydrogen) atoms. The van der Waals surface area contributed by atoms with Gasteiger partial charge in [-0.2, -0.15) is 0 Å². The number of nitrogens with zero attached hydrogens (tertiary/aromatic N) is 1. The fourth-order valence-corrected chi connectivity index (χ4v) is 2.54. The number of rotatable bonds is 4. The Kier molecular flexibility index (Phi) is 6.28. The Balaban J connectivity index is 0.00000264. The lowest BCUT2D eigenvalue weighted by Crippen LogP contribution is -2.41. The third kappa shape index (κ3) is 4.29. The van der Waals surface area contributed by atoms with E-state index in [4.69, 9.17) is 11.5 Å². The average molecular weight is 335 g/mol. The van der Waals surface area contributed by atoms with Crippen LogP contribution in [0.3, 0.4) is 0 Å². The number of hydrogen-bond acceptors (Lipinski definition) is 3. The molecule has 5 nitrogen and oxygen atoms in total. The van der Waals surface area contributed by atoms with Crippen molar-refractivity contribution in [2.45, 2.75) is 27.2 Å². The highest BCUT2D eigenvalue weighted by Gasteiger charge is 2.19. The van der Waals surface area contributed by atoms with Crippen LogP contribution >= 0.6 is 12.4 Å². The Labute approximate surface area is 143 Å². The van der Waals surface area contributed by atoms with Gasteiger partial charge in [0.25, 0.3) is 0 Å². The standard InChI is InChI=1S/C17H22N4O.ClH/c1-4-13-10-14(18)9-12(3)16(13)21(17(19)22)20-15-7-5-6-11(2)8-15;/h5-10,20H,4,18H2,1-3H3,(H2,19,22);1H. The number of nitrogen functional groups attached to an aromatic ring is 1. The van der Waals surface area contributed by atoms with Crippen LogP contribution < -0.4 is 21.9 Å². The van der Waals surface area contributed by atoms with Gasteiger partial charge in [0.2, 0.25) is 0 Å². The van der Waals surface area contributed by atoms with Crippen molar-refractivity contribution in [3.63, 3.8) is 0 Å². The summed E-state index contributed by atoms with van der Waals surface area (Å²) >= 11 is 0. The molecule has 0 aliphatic carbocycles. The lowest BCUT2D eigenvalue weighted by molar-refractivity contribution is 0.255. The predicted molar refractivity (Wildman–Crippen MR) is 99.1 cm³/mol. The van der Waals surface area contributed by atoms with Gasteiger partial charge in [0.05, 0.1) is 11.4 Å². The highest BCUT2D eigenvalue weighted by molar-refractivity contribution is 5.95. The molecule has 0 bridgehead atoms. The molecule has 0 aromatic heterocycles. The maximum atomic E-state index is 11.9. The molecule has 0 atom stereocenters. The van der Waals surface area contributed by atoms with Gasteiger partial charge in [-0.1, -0.05) is 19.1 Å². The van der Waals surface area contributed by atoms with Crippen molar-refractivity contribution in [3.05, 3.63) is 53.1 Å². The molecular formula is C17H23ClN4O. The van der Waals surface area contributed by atoms with Crippen LogP contribution in [0, 0.1) is 13.8 Å². The average Bonchev–Trinajstić information content (AvgIpc) is 2.44. The quantitative estimate of drug-likeness (QED) is 0.587. The van der Waals surface area contributed by atoms with Crippen molar-refractivity contribution in [1.29, 1.82) is 0 Å². The zero-order valence-electron chi connectivity index (χ0n) is 13.6. The van der Waals surface area contributed by atoms with E-state index in [9.17, 15) is 4.79 Å². The summed E-state index contributed by atoms with van der Waals surface area (Å²) in [6, 6.07) is 10.9. The number of aryl methyl sites for hydroxylation is 3. The fourth-order valence-electron chi connectivity index (χ4n) is 2.54. The minimum atomic E-state index is -0.566. The number of halogens is 1. The molecule has 0 saturated heterocycles. The number of carbonyl (C=O) groups excluding carboxylic acids is 1. The van der Waals surface area contributed by atoms with Gasteiger partial charge in [0.1, 0.15) is 0 Å². The molecule has 2 rings (SSSR count). The zero-order valence-corrected chi connectivity index (χ0v) is 14.4. The molecule has 124 valence electrons. The van der Waals surface area contributed by atoms with E-state index in [-0.39, 0.29) is 12.4 Å². The van der Waals surface area contributed by atoms with Crippen molar-refractivity contribution >= 4 is 35.5 Å². The first-order valence-electron chi connectivity index (χ1n) is 7.24. The van der Waals surface area contributed by atoms with Crippen LogP contribution in [-0.2, 0) is 6.42 Å². The number of nitrogens with two attached hydrogens (primary N) is 2. The second-order valence-corrected chi connectivity index (χ2v) is 5.35. The first-order chi connectivity index (χ1) is 10.4. The molecule has 5 N–H and O–H groups in total. The van der Waals surface area contributed by atoms with Crippen LogP contribution in [0.15, 0.2) is 36.4 Å². The van der Waals surface area contributed by atoms with Crippen LogP contribution in [0.25, 0.3) is 0 Å². The normalized spacial score (nSPS) is 9.87. The zero-order chi connectivity index (χ0) is 16.3. The number of carbonyl (C=O) groups is 1. The van der Waals surface area contributed by atoms with E-state index in [2.05, 4.69) is 5.43 Å². The molecule has 0 radical (unpaired) electrons. The summed E-state index contributed by atoms with van der Waals surface area (Å²) in [5.41, 5.74) is 19.8. The minimum Gasteiger partial charge on any atom is -0.399 e. The molecule has 0 spiro atoms. The van der Waals surface area contributed by atoms with E-state index < -0.39 is 6.03 Å². The molecule has 2 amide bonds. The highest BCUT2D eigenvalue weighted by Crippen LogP contribution is 2.29. The van der Waals surface area contributed by atoms with E-state index in [1.807, 2.05) is 57.2 Å². The molecule has 0 aliphatic rings. The summed E-state index contributed by atoms with van der Waals surface area (Å²) in [5.74, 6) is 0. The maximum absolute atomic E-state index is 11.9. The van der Waals surface area contributed by atoms with Gasteiger partial charge in [-0.15, -0.1) is 12.4 Å². The number of primary amides is 1. The number of hydrogen-bond donors (Lipinski definition) is 3. The maximum Gasteiger partial charge on any atom is 0.338 e. The molecule has 0 heterocycles. The number of benzene rings is 2. The third-order valence-corrected chi connectivity index (χ3v) is 3.49. The van der Waals surface area contributed by atoms with Gasteiger partial charge >= 0.3 is 6.03 Å². The Morgan fingerprint density at radius 3 is 2.48 bits per heavy atom. The topological polar surface area (TPSA) is 84.4 Å². The molecule has 0 aliphatic heterocycles. The van der Waals surface area contributed by atoms with Gasteiger partial charge in [0, 0.05) is 5.69 Å². The minimum absolute atomic E-state index is 0. The summed E-state index contributed by atoms with van der Waals surface area (Å²) in [4.78, 5) is 11.9. The number of nitrogens with one attached hydrogen (secondary N) is 1. The Morgan fingerprint density at radius 2 is 1.91 bits per heavy atom. The van der Waals surface area contributed by atoms with Crippen molar-refractivity contribution in [3.8, 4) is 0 Å². The van der Waals surface area contributed by atoms with E-state index in [1.54, 1.807) is 0 Å². The summed E-state index contributed by atoms with van der Waals surface area (Å²) in [5, 5.41) is 1.38. The van der Waals surface area contributed by atoms with Crippen molar-refractivity contribution in [1.82, 2.24) is 0 Å². The van der Waals surface area contributed by atoms with Gasteiger partial charge in [-0.25, -0.2) is 9.80 Å². The smallest absolute Gasteiger partial charge is 0.338 e. The Morgan fingerprint density at radius 1 is 1.22 bits per heavy atom. The summed E-state index contributed by atoms with van der Waals surface area (Å²) in [7, 11) is 0. The monoisotopic (exact) mass is 334 g/mol. The molecule has 2 aromatic carbocycles. The van der Waals surface area contributed by atoms with Crippen LogP contribution in [-0.4, -0.2) is 6.03 Å². The largest absolute Gasteiger partial charge is 0.399 e. The molecule has 0 fully saturated rings. The van der Waals surface area contributed by atoms with Crippen molar-refractivity contribution in [2.24, 2.45) is 5.73 Å². The first-order valence-corrected chi connectivity index (χ1v) is 7.24. The van der Waals surface area contributed by atoms with Gasteiger partial charge in [-0.05, 0) is 61.2 Å². The molecule has 6 heteroatoms. The SMILES string of the molecule is CCc1cc(N)cc(C)c1N(Nc1cccc(C)c1)C(N)=O.Cl. The van der Waals surface area contributed by atoms with Crippen LogP contribution in [0.4, 0.5) is 21.9 Å². The van der Waals surface area contributed by atoms with Crippen molar-refractivity contribution < 1.29 is 4.79 Å².